The van der Waals surface area contributed by atoms with E-state index in [0.29, 0.717) is 24.0 Å². The van der Waals surface area contributed by atoms with E-state index in [-0.39, 0.29) is 11.7 Å². The van der Waals surface area contributed by atoms with E-state index >= 15 is 0 Å². The standard InChI is InChI=1S/C16H18N4O2/c21-14(12-3-1-7-17-9-12)13-4-2-8-20(10-13)16-19-18-15(22-16)11-5-6-11/h1,3,7,9,11,13H,2,4-6,8,10H2/t13-/m0/s1. The highest BCUT2D eigenvalue weighted by Gasteiger charge is 2.32. The van der Waals surface area contributed by atoms with Gasteiger partial charge in [0.25, 0.3) is 0 Å². The first-order valence-corrected chi connectivity index (χ1v) is 7.84. The summed E-state index contributed by atoms with van der Waals surface area (Å²) in [7, 11) is 0. The van der Waals surface area contributed by atoms with Gasteiger partial charge >= 0.3 is 6.01 Å². The van der Waals surface area contributed by atoms with Gasteiger partial charge in [0.2, 0.25) is 5.89 Å². The van der Waals surface area contributed by atoms with Crippen molar-refractivity contribution in [1.29, 1.82) is 0 Å². The van der Waals surface area contributed by atoms with Gasteiger partial charge in [-0.25, -0.2) is 0 Å². The summed E-state index contributed by atoms with van der Waals surface area (Å²) in [5.74, 6) is 1.32. The summed E-state index contributed by atoms with van der Waals surface area (Å²) in [5.41, 5.74) is 0.679. The Morgan fingerprint density at radius 3 is 2.95 bits per heavy atom. The van der Waals surface area contributed by atoms with E-state index in [1.807, 2.05) is 11.0 Å². The maximum absolute atomic E-state index is 12.6. The molecule has 2 aromatic heterocycles. The van der Waals surface area contributed by atoms with Crippen molar-refractivity contribution in [2.45, 2.75) is 31.6 Å². The number of hydrogen-bond acceptors (Lipinski definition) is 6. The Kier molecular flexibility index (Phi) is 3.36. The van der Waals surface area contributed by atoms with Gasteiger partial charge in [-0.3, -0.25) is 9.78 Å². The van der Waals surface area contributed by atoms with Gasteiger partial charge in [-0.05, 0) is 37.8 Å². The van der Waals surface area contributed by atoms with E-state index in [2.05, 4.69) is 15.2 Å². The molecular weight excluding hydrogens is 280 g/mol. The average Bonchev–Trinajstić information content (AvgIpc) is 3.32. The fourth-order valence-corrected chi connectivity index (χ4v) is 2.96. The minimum absolute atomic E-state index is 0.0331. The minimum atomic E-state index is -0.0331. The monoisotopic (exact) mass is 298 g/mol. The van der Waals surface area contributed by atoms with Gasteiger partial charge in [0.15, 0.2) is 5.78 Å². The average molecular weight is 298 g/mol. The highest BCUT2D eigenvalue weighted by atomic mass is 16.4. The number of rotatable bonds is 4. The van der Waals surface area contributed by atoms with Crippen LogP contribution in [0.15, 0.2) is 28.9 Å². The van der Waals surface area contributed by atoms with Crippen LogP contribution in [0.5, 0.6) is 0 Å². The molecule has 2 fully saturated rings. The van der Waals surface area contributed by atoms with Crippen LogP contribution < -0.4 is 4.90 Å². The van der Waals surface area contributed by atoms with E-state index in [1.54, 1.807) is 18.5 Å². The Morgan fingerprint density at radius 2 is 2.18 bits per heavy atom. The lowest BCUT2D eigenvalue weighted by atomic mass is 9.91. The number of aromatic nitrogens is 3. The SMILES string of the molecule is O=C(c1cccnc1)[C@H]1CCCN(c2nnc(C3CC3)o2)C1. The Bertz CT molecular complexity index is 666. The highest BCUT2D eigenvalue weighted by molar-refractivity contribution is 5.97. The van der Waals surface area contributed by atoms with Crippen molar-refractivity contribution < 1.29 is 9.21 Å². The lowest BCUT2D eigenvalue weighted by Gasteiger charge is -2.30. The number of nitrogens with zero attached hydrogens (tertiary/aromatic N) is 4. The van der Waals surface area contributed by atoms with Gasteiger partial charge in [-0.15, -0.1) is 5.10 Å². The van der Waals surface area contributed by atoms with Crippen LogP contribution in [-0.2, 0) is 0 Å². The maximum atomic E-state index is 12.6. The molecule has 6 heteroatoms. The molecule has 1 aliphatic carbocycles. The topological polar surface area (TPSA) is 72.1 Å². The second-order valence-corrected chi connectivity index (χ2v) is 6.09. The molecule has 1 atom stereocenters. The zero-order chi connectivity index (χ0) is 14.9. The molecule has 2 aliphatic rings. The summed E-state index contributed by atoms with van der Waals surface area (Å²) >= 11 is 0. The number of carbonyl (C=O) groups is 1. The van der Waals surface area contributed by atoms with E-state index in [0.717, 1.165) is 38.1 Å². The van der Waals surface area contributed by atoms with Gasteiger partial charge in [0, 0.05) is 42.9 Å². The van der Waals surface area contributed by atoms with Crippen LogP contribution >= 0.6 is 0 Å². The Hall–Kier alpha value is -2.24. The van der Waals surface area contributed by atoms with E-state index in [1.165, 1.54) is 0 Å². The normalized spacial score (nSPS) is 21.8. The first-order chi connectivity index (χ1) is 10.8. The van der Waals surface area contributed by atoms with Crippen molar-refractivity contribution >= 4 is 11.8 Å². The third-order valence-corrected chi connectivity index (χ3v) is 4.37. The lowest BCUT2D eigenvalue weighted by Crippen LogP contribution is -2.39. The molecule has 4 rings (SSSR count). The molecule has 2 aromatic rings. The van der Waals surface area contributed by atoms with Gasteiger partial charge < -0.3 is 9.32 Å². The second-order valence-electron chi connectivity index (χ2n) is 6.09. The number of hydrogen-bond donors (Lipinski definition) is 0. The van der Waals surface area contributed by atoms with Gasteiger partial charge in [0.1, 0.15) is 0 Å². The number of anilines is 1. The number of pyridine rings is 1. The van der Waals surface area contributed by atoms with Crippen LogP contribution in [0.1, 0.15) is 47.8 Å². The van der Waals surface area contributed by atoms with E-state index in [4.69, 9.17) is 4.42 Å². The zero-order valence-electron chi connectivity index (χ0n) is 12.3. The largest absolute Gasteiger partial charge is 0.408 e. The molecule has 0 unspecified atom stereocenters. The molecule has 0 radical (unpaired) electrons. The zero-order valence-corrected chi connectivity index (χ0v) is 12.3. The molecule has 1 aliphatic heterocycles. The maximum Gasteiger partial charge on any atom is 0.318 e. The summed E-state index contributed by atoms with van der Waals surface area (Å²) in [6.07, 6.45) is 7.46. The van der Waals surface area contributed by atoms with Crippen molar-refractivity contribution in [1.82, 2.24) is 15.2 Å². The van der Waals surface area contributed by atoms with E-state index < -0.39 is 0 Å². The Morgan fingerprint density at radius 1 is 1.27 bits per heavy atom. The Balaban J connectivity index is 1.48. The fourth-order valence-electron chi connectivity index (χ4n) is 2.96. The van der Waals surface area contributed by atoms with E-state index in [9.17, 15) is 4.79 Å². The quantitative estimate of drug-likeness (QED) is 0.807. The van der Waals surface area contributed by atoms with Crippen LogP contribution in [0, 0.1) is 5.92 Å². The number of carbonyl (C=O) groups excluding carboxylic acids is 1. The third-order valence-electron chi connectivity index (χ3n) is 4.37. The van der Waals surface area contributed by atoms with Crippen LogP contribution in [0.2, 0.25) is 0 Å². The smallest absolute Gasteiger partial charge is 0.318 e. The van der Waals surface area contributed by atoms with Crippen LogP contribution in [0.25, 0.3) is 0 Å². The predicted molar refractivity (Wildman–Crippen MR) is 79.8 cm³/mol. The van der Waals surface area contributed by atoms with Crippen molar-refractivity contribution in [3.63, 3.8) is 0 Å². The van der Waals surface area contributed by atoms with Crippen molar-refractivity contribution in [3.8, 4) is 0 Å². The first-order valence-electron chi connectivity index (χ1n) is 7.84. The lowest BCUT2D eigenvalue weighted by molar-refractivity contribution is 0.0905. The van der Waals surface area contributed by atoms with Gasteiger partial charge in [-0.2, -0.15) is 0 Å². The fraction of sp³-hybridized carbons (Fsp3) is 0.500. The molecule has 114 valence electrons. The summed E-state index contributed by atoms with van der Waals surface area (Å²) < 4.78 is 5.76. The summed E-state index contributed by atoms with van der Waals surface area (Å²) in [6, 6.07) is 4.19. The van der Waals surface area contributed by atoms with Crippen LogP contribution in [0.4, 0.5) is 6.01 Å². The summed E-state index contributed by atoms with van der Waals surface area (Å²) in [5, 5.41) is 8.28. The van der Waals surface area contributed by atoms with Crippen LogP contribution in [-0.4, -0.2) is 34.1 Å². The summed E-state index contributed by atoms with van der Waals surface area (Å²) in [6.45, 7) is 1.50. The molecule has 0 amide bonds. The molecule has 0 aromatic carbocycles. The molecule has 1 saturated carbocycles. The summed E-state index contributed by atoms with van der Waals surface area (Å²) in [4.78, 5) is 18.6. The van der Waals surface area contributed by atoms with Crippen molar-refractivity contribution in [3.05, 3.63) is 36.0 Å². The van der Waals surface area contributed by atoms with Gasteiger partial charge in [0.05, 0.1) is 0 Å². The number of piperidine rings is 1. The Labute approximate surface area is 128 Å². The second kappa shape index (κ2) is 5.51. The number of Topliss-reactive ketones (excluding diaryl/α,β-unsaturated/α-hetero) is 1. The molecular formula is C16H18N4O2. The molecule has 6 nitrogen and oxygen atoms in total. The molecule has 0 N–H and O–H groups in total. The van der Waals surface area contributed by atoms with Crippen molar-refractivity contribution in [2.24, 2.45) is 5.92 Å². The van der Waals surface area contributed by atoms with Crippen LogP contribution in [0.3, 0.4) is 0 Å². The third kappa shape index (κ3) is 2.61. The molecule has 22 heavy (non-hydrogen) atoms. The molecule has 0 bridgehead atoms. The molecule has 0 spiro atoms. The molecule has 1 saturated heterocycles. The number of ketones is 1. The minimum Gasteiger partial charge on any atom is -0.408 e. The first kappa shape index (κ1) is 13.4. The highest BCUT2D eigenvalue weighted by Crippen LogP contribution is 2.40. The van der Waals surface area contributed by atoms with Crippen molar-refractivity contribution in [2.75, 3.05) is 18.0 Å². The molecule has 3 heterocycles. The predicted octanol–water partition coefficient (Wildman–Crippen LogP) is 2.44. The van der Waals surface area contributed by atoms with Gasteiger partial charge in [-0.1, -0.05) is 5.10 Å².